The average Bonchev–Trinajstić information content (AvgIpc) is 2.77. The molecular weight excluding hydrogens is 160 g/mol. The van der Waals surface area contributed by atoms with Crippen molar-refractivity contribution < 1.29 is 0 Å². The zero-order valence-electron chi connectivity index (χ0n) is 8.92. The molecule has 76 valence electrons. The molecule has 1 heterocycles. The Hall–Kier alpha value is -0.0800. The molecule has 0 amide bonds. The fourth-order valence-electron chi connectivity index (χ4n) is 2.35. The zero-order valence-corrected chi connectivity index (χ0v) is 8.92. The van der Waals surface area contributed by atoms with Crippen molar-refractivity contribution in [3.8, 4) is 0 Å². The Morgan fingerprint density at radius 2 is 2.00 bits per heavy atom. The van der Waals surface area contributed by atoms with Gasteiger partial charge in [-0.3, -0.25) is 4.90 Å². The molecule has 13 heavy (non-hydrogen) atoms. The number of hydrogen-bond acceptors (Lipinski definition) is 2. The Morgan fingerprint density at radius 3 is 2.46 bits per heavy atom. The SMILES string of the molecule is CC(C)CN(C1CC1)C1CCNC1. The van der Waals surface area contributed by atoms with Crippen LogP contribution in [0.3, 0.4) is 0 Å². The van der Waals surface area contributed by atoms with E-state index in [-0.39, 0.29) is 0 Å². The van der Waals surface area contributed by atoms with E-state index < -0.39 is 0 Å². The molecule has 2 rings (SSSR count). The maximum absolute atomic E-state index is 3.47. The fraction of sp³-hybridized carbons (Fsp3) is 1.00. The Bertz CT molecular complexity index is 157. The molecule has 1 unspecified atom stereocenters. The lowest BCUT2D eigenvalue weighted by molar-refractivity contribution is 0.176. The second-order valence-corrected chi connectivity index (χ2v) is 4.97. The molecule has 1 N–H and O–H groups in total. The molecule has 2 heteroatoms. The first kappa shape index (κ1) is 9.47. The van der Waals surface area contributed by atoms with E-state index in [1.807, 2.05) is 0 Å². The van der Waals surface area contributed by atoms with Crippen LogP contribution in [0.15, 0.2) is 0 Å². The van der Waals surface area contributed by atoms with Gasteiger partial charge in [-0.1, -0.05) is 13.8 Å². The monoisotopic (exact) mass is 182 g/mol. The summed E-state index contributed by atoms with van der Waals surface area (Å²) >= 11 is 0. The Labute approximate surface area is 81.7 Å². The highest BCUT2D eigenvalue weighted by Gasteiger charge is 2.34. The van der Waals surface area contributed by atoms with E-state index in [1.165, 1.54) is 38.9 Å². The number of hydrogen-bond donors (Lipinski definition) is 1. The molecule has 0 aromatic carbocycles. The smallest absolute Gasteiger partial charge is 0.0235 e. The standard InChI is InChI=1S/C11H22N2/c1-9(2)8-13(10-3-4-10)11-5-6-12-7-11/h9-12H,3-8H2,1-2H3. The summed E-state index contributed by atoms with van der Waals surface area (Å²) < 4.78 is 0. The molecule has 1 atom stereocenters. The lowest BCUT2D eigenvalue weighted by atomic mass is 10.1. The predicted octanol–water partition coefficient (Wildman–Crippen LogP) is 1.47. The van der Waals surface area contributed by atoms with E-state index in [2.05, 4.69) is 24.1 Å². The Kier molecular flexibility index (Phi) is 2.89. The maximum atomic E-state index is 3.47. The third kappa shape index (κ3) is 2.44. The summed E-state index contributed by atoms with van der Waals surface area (Å²) in [6, 6.07) is 1.78. The van der Waals surface area contributed by atoms with Crippen molar-refractivity contribution in [2.24, 2.45) is 5.92 Å². The Morgan fingerprint density at radius 1 is 1.23 bits per heavy atom. The van der Waals surface area contributed by atoms with E-state index >= 15 is 0 Å². The van der Waals surface area contributed by atoms with Crippen molar-refractivity contribution in [3.63, 3.8) is 0 Å². The third-order valence-corrected chi connectivity index (χ3v) is 3.10. The van der Waals surface area contributed by atoms with Crippen LogP contribution in [0.2, 0.25) is 0 Å². The van der Waals surface area contributed by atoms with Crippen LogP contribution >= 0.6 is 0 Å². The van der Waals surface area contributed by atoms with Gasteiger partial charge in [0.1, 0.15) is 0 Å². The Balaban J connectivity index is 1.87. The summed E-state index contributed by atoms with van der Waals surface area (Å²) in [6.07, 6.45) is 4.26. The van der Waals surface area contributed by atoms with Crippen molar-refractivity contribution >= 4 is 0 Å². The van der Waals surface area contributed by atoms with Crippen LogP contribution in [0.4, 0.5) is 0 Å². The first-order valence-electron chi connectivity index (χ1n) is 5.74. The summed E-state index contributed by atoms with van der Waals surface area (Å²) in [5.41, 5.74) is 0. The lowest BCUT2D eigenvalue weighted by Crippen LogP contribution is -2.40. The van der Waals surface area contributed by atoms with Gasteiger partial charge in [-0.2, -0.15) is 0 Å². The molecule has 2 nitrogen and oxygen atoms in total. The van der Waals surface area contributed by atoms with Gasteiger partial charge in [0.25, 0.3) is 0 Å². The van der Waals surface area contributed by atoms with E-state index in [0.717, 1.165) is 18.0 Å². The van der Waals surface area contributed by atoms with Gasteiger partial charge in [0.05, 0.1) is 0 Å². The highest BCUT2D eigenvalue weighted by atomic mass is 15.2. The second-order valence-electron chi connectivity index (χ2n) is 4.97. The minimum Gasteiger partial charge on any atom is -0.315 e. The summed E-state index contributed by atoms with van der Waals surface area (Å²) in [7, 11) is 0. The second kappa shape index (κ2) is 3.97. The van der Waals surface area contributed by atoms with Crippen LogP contribution < -0.4 is 5.32 Å². The minimum atomic E-state index is 0.821. The quantitative estimate of drug-likeness (QED) is 0.708. The van der Waals surface area contributed by atoms with Crippen LogP contribution in [-0.2, 0) is 0 Å². The van der Waals surface area contributed by atoms with Gasteiger partial charge in [-0.15, -0.1) is 0 Å². The van der Waals surface area contributed by atoms with Crippen LogP contribution in [-0.4, -0.2) is 36.6 Å². The topological polar surface area (TPSA) is 15.3 Å². The van der Waals surface area contributed by atoms with Crippen LogP contribution in [0.5, 0.6) is 0 Å². The summed E-state index contributed by atoms with van der Waals surface area (Å²) in [5.74, 6) is 0.821. The van der Waals surface area contributed by atoms with Crippen LogP contribution in [0.1, 0.15) is 33.1 Å². The molecule has 0 aromatic heterocycles. The van der Waals surface area contributed by atoms with E-state index in [1.54, 1.807) is 0 Å². The lowest BCUT2D eigenvalue weighted by Gasteiger charge is -2.29. The van der Waals surface area contributed by atoms with Gasteiger partial charge in [0.2, 0.25) is 0 Å². The van der Waals surface area contributed by atoms with Gasteiger partial charge in [-0.05, 0) is 31.7 Å². The number of nitrogens with one attached hydrogen (secondary N) is 1. The van der Waals surface area contributed by atoms with Gasteiger partial charge in [0.15, 0.2) is 0 Å². The summed E-state index contributed by atoms with van der Waals surface area (Å²) in [4.78, 5) is 2.75. The average molecular weight is 182 g/mol. The molecule has 1 aliphatic carbocycles. The number of nitrogens with zero attached hydrogens (tertiary/aromatic N) is 1. The summed E-state index contributed by atoms with van der Waals surface area (Å²) in [5, 5.41) is 3.47. The van der Waals surface area contributed by atoms with Gasteiger partial charge in [-0.25, -0.2) is 0 Å². The normalized spacial score (nSPS) is 29.1. The third-order valence-electron chi connectivity index (χ3n) is 3.10. The molecule has 0 radical (unpaired) electrons. The predicted molar refractivity (Wildman–Crippen MR) is 55.8 cm³/mol. The summed E-state index contributed by atoms with van der Waals surface area (Å²) in [6.45, 7) is 8.42. The molecule has 0 bridgehead atoms. The molecule has 0 spiro atoms. The zero-order chi connectivity index (χ0) is 9.26. The van der Waals surface area contributed by atoms with E-state index in [0.29, 0.717) is 0 Å². The van der Waals surface area contributed by atoms with Gasteiger partial charge >= 0.3 is 0 Å². The fourth-order valence-corrected chi connectivity index (χ4v) is 2.35. The molecule has 0 aromatic rings. The van der Waals surface area contributed by atoms with E-state index in [9.17, 15) is 0 Å². The highest BCUT2D eigenvalue weighted by molar-refractivity contribution is 4.92. The molecule has 1 saturated heterocycles. The minimum absolute atomic E-state index is 0.821. The van der Waals surface area contributed by atoms with Crippen LogP contribution in [0.25, 0.3) is 0 Å². The van der Waals surface area contributed by atoms with Crippen molar-refractivity contribution in [1.82, 2.24) is 10.2 Å². The maximum Gasteiger partial charge on any atom is 0.0235 e. The van der Waals surface area contributed by atoms with Crippen molar-refractivity contribution in [2.75, 3.05) is 19.6 Å². The van der Waals surface area contributed by atoms with Gasteiger partial charge < -0.3 is 5.32 Å². The number of rotatable bonds is 4. The van der Waals surface area contributed by atoms with Gasteiger partial charge in [0, 0.05) is 25.2 Å². The first-order valence-corrected chi connectivity index (χ1v) is 5.74. The molecule has 2 fully saturated rings. The highest BCUT2D eigenvalue weighted by Crippen LogP contribution is 2.30. The largest absolute Gasteiger partial charge is 0.315 e. The van der Waals surface area contributed by atoms with Crippen molar-refractivity contribution in [3.05, 3.63) is 0 Å². The van der Waals surface area contributed by atoms with Crippen molar-refractivity contribution in [2.45, 2.75) is 45.2 Å². The van der Waals surface area contributed by atoms with E-state index in [4.69, 9.17) is 0 Å². The molecular formula is C11H22N2. The molecule has 2 aliphatic rings. The van der Waals surface area contributed by atoms with Crippen molar-refractivity contribution in [1.29, 1.82) is 0 Å². The van der Waals surface area contributed by atoms with Crippen LogP contribution in [0, 0.1) is 5.92 Å². The molecule has 1 aliphatic heterocycles. The molecule has 1 saturated carbocycles. The first-order chi connectivity index (χ1) is 6.27.